The Hall–Kier alpha value is -1.11. The van der Waals surface area contributed by atoms with Crippen LogP contribution in [0, 0.1) is 0 Å². The summed E-state index contributed by atoms with van der Waals surface area (Å²) >= 11 is 1.65. The highest BCUT2D eigenvalue weighted by molar-refractivity contribution is 7.07. The molecule has 6 heteroatoms. The van der Waals surface area contributed by atoms with Gasteiger partial charge in [-0.2, -0.15) is 11.3 Å². The number of aliphatic hydroxyl groups is 1. The Bertz CT molecular complexity index is 330. The second kappa shape index (κ2) is 8.91. The zero-order valence-electron chi connectivity index (χ0n) is 10.5. The lowest BCUT2D eigenvalue weighted by atomic mass is 10.2. The topological polar surface area (TPSA) is 70.6 Å². The number of methoxy groups -OCH3 is 1. The van der Waals surface area contributed by atoms with Crippen LogP contribution in [-0.4, -0.2) is 44.0 Å². The molecule has 0 aromatic carbocycles. The Morgan fingerprint density at radius 2 is 2.28 bits per heavy atom. The van der Waals surface area contributed by atoms with Crippen molar-refractivity contribution in [2.24, 2.45) is 0 Å². The van der Waals surface area contributed by atoms with E-state index in [0.29, 0.717) is 26.1 Å². The highest BCUT2D eigenvalue weighted by Gasteiger charge is 2.04. The van der Waals surface area contributed by atoms with E-state index in [0.717, 1.165) is 6.42 Å². The highest BCUT2D eigenvalue weighted by atomic mass is 32.1. The third kappa shape index (κ3) is 6.58. The van der Waals surface area contributed by atoms with E-state index in [1.165, 1.54) is 12.7 Å². The van der Waals surface area contributed by atoms with E-state index in [9.17, 15) is 9.90 Å². The van der Waals surface area contributed by atoms with E-state index in [1.807, 2.05) is 11.4 Å². The number of nitrogens with one attached hydrogen (secondary N) is 2. The lowest BCUT2D eigenvalue weighted by Crippen LogP contribution is -2.38. The van der Waals surface area contributed by atoms with Gasteiger partial charge >= 0.3 is 6.03 Å². The van der Waals surface area contributed by atoms with Gasteiger partial charge in [0, 0.05) is 20.2 Å². The Morgan fingerprint density at radius 1 is 1.50 bits per heavy atom. The molecule has 5 nitrogen and oxygen atoms in total. The van der Waals surface area contributed by atoms with E-state index in [4.69, 9.17) is 4.74 Å². The largest absolute Gasteiger partial charge is 0.391 e. The maximum Gasteiger partial charge on any atom is 0.314 e. The molecule has 0 aliphatic rings. The first kappa shape index (κ1) is 14.9. The first-order valence-electron chi connectivity index (χ1n) is 5.92. The highest BCUT2D eigenvalue weighted by Crippen LogP contribution is 2.05. The van der Waals surface area contributed by atoms with Crippen LogP contribution in [0.25, 0.3) is 0 Å². The third-order valence-electron chi connectivity index (χ3n) is 2.40. The van der Waals surface area contributed by atoms with Crippen LogP contribution in [0.15, 0.2) is 16.8 Å². The standard InChI is InChI=1S/C12H20N2O3S/c1-17-8-11(15)3-6-14-12(16)13-5-2-10-4-7-18-9-10/h4,7,9,11,15H,2-3,5-6,8H2,1H3,(H2,13,14,16). The van der Waals surface area contributed by atoms with Gasteiger partial charge < -0.3 is 20.5 Å². The SMILES string of the molecule is COCC(O)CCNC(=O)NCCc1ccsc1. The summed E-state index contributed by atoms with van der Waals surface area (Å²) in [5.74, 6) is 0. The minimum atomic E-state index is -0.527. The van der Waals surface area contributed by atoms with Crippen molar-refractivity contribution in [2.45, 2.75) is 18.9 Å². The van der Waals surface area contributed by atoms with E-state index >= 15 is 0 Å². The molecule has 3 N–H and O–H groups in total. The van der Waals surface area contributed by atoms with E-state index in [1.54, 1.807) is 11.3 Å². The average Bonchev–Trinajstić information content (AvgIpc) is 2.82. The maximum absolute atomic E-state index is 11.4. The fraction of sp³-hybridized carbons (Fsp3) is 0.583. The quantitative estimate of drug-likeness (QED) is 0.661. The van der Waals surface area contributed by atoms with Crippen LogP contribution in [0.2, 0.25) is 0 Å². The molecule has 2 amide bonds. The lowest BCUT2D eigenvalue weighted by Gasteiger charge is -2.10. The summed E-state index contributed by atoms with van der Waals surface area (Å²) in [7, 11) is 1.54. The molecule has 1 aromatic rings. The molecule has 1 heterocycles. The number of amides is 2. The first-order valence-corrected chi connectivity index (χ1v) is 6.86. The van der Waals surface area contributed by atoms with E-state index in [-0.39, 0.29) is 6.03 Å². The normalized spacial score (nSPS) is 12.1. The van der Waals surface area contributed by atoms with Crippen molar-refractivity contribution in [2.75, 3.05) is 26.8 Å². The summed E-state index contributed by atoms with van der Waals surface area (Å²) in [5.41, 5.74) is 1.23. The molecule has 1 atom stereocenters. The minimum Gasteiger partial charge on any atom is -0.391 e. The number of hydrogen-bond donors (Lipinski definition) is 3. The van der Waals surface area contributed by atoms with Gasteiger partial charge in [0.1, 0.15) is 0 Å². The first-order chi connectivity index (χ1) is 8.72. The number of thiophene rings is 1. The molecule has 1 unspecified atom stereocenters. The molecule has 102 valence electrons. The summed E-state index contributed by atoms with van der Waals surface area (Å²) in [6.07, 6.45) is 0.802. The third-order valence-corrected chi connectivity index (χ3v) is 3.13. The molecular weight excluding hydrogens is 252 g/mol. The molecule has 1 aromatic heterocycles. The lowest BCUT2D eigenvalue weighted by molar-refractivity contribution is 0.0599. The van der Waals surface area contributed by atoms with Crippen molar-refractivity contribution < 1.29 is 14.6 Å². The number of aliphatic hydroxyl groups excluding tert-OH is 1. The van der Waals surface area contributed by atoms with Crippen LogP contribution in [0.3, 0.4) is 0 Å². The van der Waals surface area contributed by atoms with Crippen molar-refractivity contribution in [1.82, 2.24) is 10.6 Å². The number of urea groups is 1. The van der Waals surface area contributed by atoms with E-state index < -0.39 is 6.10 Å². The number of carbonyl (C=O) groups is 1. The smallest absolute Gasteiger partial charge is 0.314 e. The minimum absolute atomic E-state index is 0.199. The summed E-state index contributed by atoms with van der Waals surface area (Å²) < 4.78 is 4.79. The number of carbonyl (C=O) groups excluding carboxylic acids is 1. The summed E-state index contributed by atoms with van der Waals surface area (Å²) in [6.45, 7) is 1.35. The van der Waals surface area contributed by atoms with Gasteiger partial charge in [0.15, 0.2) is 0 Å². The Labute approximate surface area is 111 Å². The molecule has 1 rings (SSSR count). The summed E-state index contributed by atoms with van der Waals surface area (Å²) in [4.78, 5) is 11.4. The predicted molar refractivity (Wildman–Crippen MR) is 71.9 cm³/mol. The van der Waals surface area contributed by atoms with Gasteiger partial charge in [-0.15, -0.1) is 0 Å². The van der Waals surface area contributed by atoms with E-state index in [2.05, 4.69) is 16.0 Å². The zero-order valence-corrected chi connectivity index (χ0v) is 11.3. The van der Waals surface area contributed by atoms with Gasteiger partial charge in [0.2, 0.25) is 0 Å². The number of rotatable bonds is 8. The van der Waals surface area contributed by atoms with Crippen LogP contribution >= 0.6 is 11.3 Å². The predicted octanol–water partition coefficient (Wildman–Crippen LogP) is 0.987. The van der Waals surface area contributed by atoms with Gasteiger partial charge in [-0.3, -0.25) is 0 Å². The van der Waals surface area contributed by atoms with Gasteiger partial charge in [-0.1, -0.05) is 0 Å². The Morgan fingerprint density at radius 3 is 2.94 bits per heavy atom. The Balaban J connectivity index is 2.00. The fourth-order valence-electron chi connectivity index (χ4n) is 1.45. The molecule has 0 spiro atoms. The number of ether oxygens (including phenoxy) is 1. The Kier molecular flexibility index (Phi) is 7.40. The van der Waals surface area contributed by atoms with Crippen LogP contribution in [0.5, 0.6) is 0 Å². The fourth-order valence-corrected chi connectivity index (χ4v) is 2.15. The van der Waals surface area contributed by atoms with Crippen molar-refractivity contribution in [1.29, 1.82) is 0 Å². The molecule has 0 bridgehead atoms. The van der Waals surface area contributed by atoms with Gasteiger partial charge in [-0.25, -0.2) is 4.79 Å². The molecule has 0 radical (unpaired) electrons. The second-order valence-electron chi connectivity index (χ2n) is 3.96. The molecule has 0 saturated carbocycles. The molecular formula is C12H20N2O3S. The molecule has 0 saturated heterocycles. The molecule has 0 aliphatic carbocycles. The second-order valence-corrected chi connectivity index (χ2v) is 4.74. The average molecular weight is 272 g/mol. The monoisotopic (exact) mass is 272 g/mol. The van der Waals surface area contributed by atoms with Crippen molar-refractivity contribution in [3.63, 3.8) is 0 Å². The van der Waals surface area contributed by atoms with Crippen molar-refractivity contribution in [3.8, 4) is 0 Å². The van der Waals surface area contributed by atoms with Crippen LogP contribution < -0.4 is 10.6 Å². The summed E-state index contributed by atoms with van der Waals surface area (Å²) in [6, 6.07) is 1.85. The van der Waals surface area contributed by atoms with Crippen molar-refractivity contribution >= 4 is 17.4 Å². The van der Waals surface area contributed by atoms with Gasteiger partial charge in [0.05, 0.1) is 12.7 Å². The molecule has 0 fully saturated rings. The van der Waals surface area contributed by atoms with Crippen LogP contribution in [-0.2, 0) is 11.2 Å². The van der Waals surface area contributed by atoms with Crippen LogP contribution in [0.4, 0.5) is 4.79 Å². The van der Waals surface area contributed by atoms with Gasteiger partial charge in [0.25, 0.3) is 0 Å². The molecule has 18 heavy (non-hydrogen) atoms. The van der Waals surface area contributed by atoms with Crippen LogP contribution in [0.1, 0.15) is 12.0 Å². The molecule has 0 aliphatic heterocycles. The summed E-state index contributed by atoms with van der Waals surface area (Å²) in [5, 5.41) is 18.9. The van der Waals surface area contributed by atoms with Crippen molar-refractivity contribution in [3.05, 3.63) is 22.4 Å². The maximum atomic E-state index is 11.4. The number of hydrogen-bond acceptors (Lipinski definition) is 4. The van der Waals surface area contributed by atoms with Gasteiger partial charge in [-0.05, 0) is 35.2 Å². The zero-order chi connectivity index (χ0) is 13.2.